The smallest absolute Gasteiger partial charge is 0.263 e. The van der Waals surface area contributed by atoms with Gasteiger partial charge in [0.25, 0.3) is 5.91 Å². The quantitative estimate of drug-likeness (QED) is 0.926. The molecule has 0 unspecified atom stereocenters. The van der Waals surface area contributed by atoms with Crippen molar-refractivity contribution < 1.29 is 4.79 Å². The van der Waals surface area contributed by atoms with Crippen LogP contribution in [0, 0.1) is 12.8 Å². The summed E-state index contributed by atoms with van der Waals surface area (Å²) in [7, 11) is 0. The van der Waals surface area contributed by atoms with Gasteiger partial charge in [-0.2, -0.15) is 0 Å². The van der Waals surface area contributed by atoms with E-state index in [1.165, 1.54) is 50.0 Å². The Hall–Kier alpha value is -0.940. The highest BCUT2D eigenvalue weighted by molar-refractivity contribution is 7.11. The molecule has 0 atom stereocenters. The number of amides is 1. The van der Waals surface area contributed by atoms with E-state index in [1.54, 1.807) is 5.51 Å². The Labute approximate surface area is 137 Å². The first-order chi connectivity index (χ1) is 10.7. The van der Waals surface area contributed by atoms with Crippen LogP contribution < -0.4 is 5.32 Å². The van der Waals surface area contributed by atoms with Gasteiger partial charge in [0.05, 0.1) is 11.2 Å². The summed E-state index contributed by atoms with van der Waals surface area (Å²) in [6.45, 7) is 5.43. The number of likely N-dealkylation sites (tertiary alicyclic amines) is 1. The second kappa shape index (κ2) is 7.55. The predicted octanol–water partition coefficient (Wildman–Crippen LogP) is 3.23. The Morgan fingerprint density at radius 2 is 2.00 bits per heavy atom. The van der Waals surface area contributed by atoms with Crippen molar-refractivity contribution in [3.8, 4) is 0 Å². The van der Waals surface area contributed by atoms with Crippen LogP contribution in [0.25, 0.3) is 0 Å². The van der Waals surface area contributed by atoms with Crippen LogP contribution in [-0.4, -0.2) is 41.5 Å². The average molecular weight is 321 g/mol. The molecule has 122 valence electrons. The molecule has 1 aliphatic carbocycles. The summed E-state index contributed by atoms with van der Waals surface area (Å²) in [4.78, 5) is 19.8. The predicted molar refractivity (Wildman–Crippen MR) is 90.4 cm³/mol. The van der Waals surface area contributed by atoms with Crippen molar-refractivity contribution in [2.45, 2.75) is 57.9 Å². The molecule has 1 N–H and O–H groups in total. The molecule has 22 heavy (non-hydrogen) atoms. The SMILES string of the molecule is Cc1ncsc1C(=O)NC1CCN(CC2CCCCC2)CC1. The Morgan fingerprint density at radius 1 is 1.27 bits per heavy atom. The molecule has 2 heterocycles. The van der Waals surface area contributed by atoms with E-state index in [0.29, 0.717) is 6.04 Å². The lowest BCUT2D eigenvalue weighted by Gasteiger charge is -2.35. The van der Waals surface area contributed by atoms with Crippen LogP contribution in [0.1, 0.15) is 60.3 Å². The van der Waals surface area contributed by atoms with Crippen LogP contribution in [0.5, 0.6) is 0 Å². The van der Waals surface area contributed by atoms with Gasteiger partial charge in [0.1, 0.15) is 4.88 Å². The Morgan fingerprint density at radius 3 is 2.64 bits per heavy atom. The first-order valence-electron chi connectivity index (χ1n) is 8.65. The van der Waals surface area contributed by atoms with Crippen molar-refractivity contribution in [1.29, 1.82) is 0 Å². The number of hydrogen-bond donors (Lipinski definition) is 1. The van der Waals surface area contributed by atoms with Crippen molar-refractivity contribution in [3.05, 3.63) is 16.1 Å². The molecule has 1 aliphatic heterocycles. The van der Waals surface area contributed by atoms with Gasteiger partial charge in [0, 0.05) is 25.7 Å². The highest BCUT2D eigenvalue weighted by Gasteiger charge is 2.24. The minimum atomic E-state index is 0.0609. The molecule has 2 fully saturated rings. The van der Waals surface area contributed by atoms with Crippen LogP contribution in [0.2, 0.25) is 0 Å². The first kappa shape index (κ1) is 15.9. The van der Waals surface area contributed by atoms with Gasteiger partial charge in [-0.05, 0) is 38.5 Å². The van der Waals surface area contributed by atoms with Crippen molar-refractivity contribution in [2.24, 2.45) is 5.92 Å². The zero-order valence-corrected chi connectivity index (χ0v) is 14.3. The average Bonchev–Trinajstić information content (AvgIpc) is 2.96. The molecule has 1 saturated heterocycles. The second-order valence-corrected chi connectivity index (χ2v) is 7.67. The summed E-state index contributed by atoms with van der Waals surface area (Å²) in [6, 6.07) is 0.330. The molecule has 1 aromatic heterocycles. The maximum absolute atomic E-state index is 12.2. The van der Waals surface area contributed by atoms with Gasteiger partial charge in [-0.3, -0.25) is 4.79 Å². The number of rotatable bonds is 4. The molecule has 5 heteroatoms. The lowest BCUT2D eigenvalue weighted by molar-refractivity contribution is 0.0905. The van der Waals surface area contributed by atoms with E-state index >= 15 is 0 Å². The number of piperidine rings is 1. The van der Waals surface area contributed by atoms with Gasteiger partial charge in [-0.15, -0.1) is 11.3 Å². The van der Waals surface area contributed by atoms with Crippen LogP contribution in [0.4, 0.5) is 0 Å². The molecule has 0 radical (unpaired) electrons. The van der Waals surface area contributed by atoms with E-state index < -0.39 is 0 Å². The third-order valence-electron chi connectivity index (χ3n) is 5.12. The van der Waals surface area contributed by atoms with Gasteiger partial charge in [0.2, 0.25) is 0 Å². The minimum Gasteiger partial charge on any atom is -0.348 e. The molecule has 1 aromatic rings. The van der Waals surface area contributed by atoms with Gasteiger partial charge in [-0.25, -0.2) is 4.98 Å². The van der Waals surface area contributed by atoms with Crippen molar-refractivity contribution >= 4 is 17.2 Å². The second-order valence-electron chi connectivity index (χ2n) is 6.82. The fourth-order valence-electron chi connectivity index (χ4n) is 3.77. The van der Waals surface area contributed by atoms with Crippen LogP contribution in [0.15, 0.2) is 5.51 Å². The Balaban J connectivity index is 1.41. The lowest BCUT2D eigenvalue weighted by atomic mass is 9.88. The van der Waals surface area contributed by atoms with E-state index in [1.807, 2.05) is 6.92 Å². The van der Waals surface area contributed by atoms with Crippen molar-refractivity contribution in [2.75, 3.05) is 19.6 Å². The third-order valence-corrected chi connectivity index (χ3v) is 6.04. The molecule has 1 saturated carbocycles. The minimum absolute atomic E-state index is 0.0609. The number of nitrogens with zero attached hydrogens (tertiary/aromatic N) is 2. The van der Waals surface area contributed by atoms with Crippen LogP contribution >= 0.6 is 11.3 Å². The largest absolute Gasteiger partial charge is 0.348 e. The maximum atomic E-state index is 12.2. The maximum Gasteiger partial charge on any atom is 0.263 e. The molecule has 1 amide bonds. The van der Waals surface area contributed by atoms with Gasteiger partial charge < -0.3 is 10.2 Å². The first-order valence-corrected chi connectivity index (χ1v) is 9.53. The van der Waals surface area contributed by atoms with Crippen molar-refractivity contribution in [1.82, 2.24) is 15.2 Å². The molecular weight excluding hydrogens is 294 g/mol. The summed E-state index contributed by atoms with van der Waals surface area (Å²) in [5, 5.41) is 3.19. The van der Waals surface area contributed by atoms with Gasteiger partial charge in [-0.1, -0.05) is 19.3 Å². The van der Waals surface area contributed by atoms with Crippen LogP contribution in [0.3, 0.4) is 0 Å². The molecule has 2 aliphatic rings. The number of aryl methyl sites for hydroxylation is 1. The summed E-state index contributed by atoms with van der Waals surface area (Å²) in [5.41, 5.74) is 2.59. The fraction of sp³-hybridized carbons (Fsp3) is 0.765. The van der Waals surface area contributed by atoms with E-state index in [2.05, 4.69) is 15.2 Å². The zero-order chi connectivity index (χ0) is 15.4. The normalized spacial score (nSPS) is 21.9. The highest BCUT2D eigenvalue weighted by Crippen LogP contribution is 2.25. The number of hydrogen-bond acceptors (Lipinski definition) is 4. The number of aromatic nitrogens is 1. The van der Waals surface area contributed by atoms with E-state index in [0.717, 1.165) is 42.4 Å². The number of nitrogens with one attached hydrogen (secondary N) is 1. The standard InChI is InChI=1S/C17H27N3OS/c1-13-16(22-12-18-13)17(21)19-15-7-9-20(10-8-15)11-14-5-3-2-4-6-14/h12,14-15H,2-11H2,1H3,(H,19,21). The molecule has 4 nitrogen and oxygen atoms in total. The van der Waals surface area contributed by atoms with E-state index in [-0.39, 0.29) is 5.91 Å². The third kappa shape index (κ3) is 4.07. The monoisotopic (exact) mass is 321 g/mol. The van der Waals surface area contributed by atoms with Gasteiger partial charge >= 0.3 is 0 Å². The summed E-state index contributed by atoms with van der Waals surface area (Å²) < 4.78 is 0. The van der Waals surface area contributed by atoms with E-state index in [9.17, 15) is 4.79 Å². The Bertz CT molecular complexity index is 488. The molecule has 0 aromatic carbocycles. The molecular formula is C17H27N3OS. The number of thiazole rings is 1. The Kier molecular flexibility index (Phi) is 5.47. The lowest BCUT2D eigenvalue weighted by Crippen LogP contribution is -2.45. The number of carbonyl (C=O) groups excluding carboxylic acids is 1. The van der Waals surface area contributed by atoms with E-state index in [4.69, 9.17) is 0 Å². The molecule has 3 rings (SSSR count). The van der Waals surface area contributed by atoms with Crippen LogP contribution in [-0.2, 0) is 0 Å². The summed E-state index contributed by atoms with van der Waals surface area (Å²) in [6.07, 6.45) is 9.27. The van der Waals surface area contributed by atoms with Crippen molar-refractivity contribution in [3.63, 3.8) is 0 Å². The summed E-state index contributed by atoms with van der Waals surface area (Å²) in [5.74, 6) is 0.977. The number of carbonyl (C=O) groups is 1. The summed E-state index contributed by atoms with van der Waals surface area (Å²) >= 11 is 1.44. The van der Waals surface area contributed by atoms with Gasteiger partial charge in [0.15, 0.2) is 0 Å². The fourth-order valence-corrected chi connectivity index (χ4v) is 4.47. The molecule has 0 bridgehead atoms. The zero-order valence-electron chi connectivity index (χ0n) is 13.5. The highest BCUT2D eigenvalue weighted by atomic mass is 32.1. The molecule has 0 spiro atoms. The topological polar surface area (TPSA) is 45.2 Å².